The fourth-order valence-corrected chi connectivity index (χ4v) is 9.04. The molecule has 0 unspecified atom stereocenters. The first-order valence-corrected chi connectivity index (χ1v) is 22.1. The number of carbonyl (C=O) groups is 3. The van der Waals surface area contributed by atoms with Crippen LogP contribution in [0.1, 0.15) is 48.8 Å². The number of benzene rings is 3. The van der Waals surface area contributed by atoms with E-state index in [9.17, 15) is 27.4 Å². The van der Waals surface area contributed by atoms with Crippen LogP contribution in [-0.2, 0) is 44.0 Å². The van der Waals surface area contributed by atoms with E-state index in [1.165, 1.54) is 28.8 Å². The quantitative estimate of drug-likeness (QED) is 0.0706. The third-order valence-corrected chi connectivity index (χ3v) is 13.0. The van der Waals surface area contributed by atoms with Crippen LogP contribution in [0.3, 0.4) is 0 Å². The molecule has 9 N–H and O–H groups in total. The number of carbonyl (C=O) groups excluding carboxylic acids is 3. The molecule has 0 spiro atoms. The summed E-state index contributed by atoms with van der Waals surface area (Å²) in [6.45, 7) is 0.988. The molecule has 3 atom stereocenters. The summed E-state index contributed by atoms with van der Waals surface area (Å²) in [5, 5.41) is 11.4. The van der Waals surface area contributed by atoms with Crippen molar-refractivity contribution in [2.24, 2.45) is 11.5 Å². The van der Waals surface area contributed by atoms with Gasteiger partial charge in [0.1, 0.15) is 17.1 Å². The van der Waals surface area contributed by atoms with E-state index in [0.29, 0.717) is 76.8 Å². The third kappa shape index (κ3) is 10.7. The zero-order valence-electron chi connectivity index (χ0n) is 32.6. The number of nitrogens with two attached hydrogens (primary N) is 2. The van der Waals surface area contributed by atoms with Gasteiger partial charge in [0.05, 0.1) is 16.0 Å². The molecule has 0 fully saturated rings. The lowest BCUT2D eigenvalue weighted by Gasteiger charge is -2.32. The number of fused-ring (bicyclic) bond motifs is 3. The van der Waals surface area contributed by atoms with Crippen molar-refractivity contribution in [3.8, 4) is 11.1 Å². The highest BCUT2D eigenvalue weighted by Crippen LogP contribution is 2.41. The largest absolute Gasteiger partial charge is 0.361 e. The molecular weight excluding hydrogens is 812 g/mol. The maximum atomic E-state index is 14.7. The minimum atomic E-state index is -4.45. The highest BCUT2D eigenvalue weighted by atomic mass is 35.5. The highest BCUT2D eigenvalue weighted by Gasteiger charge is 2.34. The molecule has 0 aliphatic carbocycles. The summed E-state index contributed by atoms with van der Waals surface area (Å²) < 4.78 is 33.5. The second-order valence-corrected chi connectivity index (χ2v) is 17.3. The van der Waals surface area contributed by atoms with Crippen LogP contribution >= 0.6 is 23.4 Å². The Morgan fingerprint density at radius 1 is 0.898 bits per heavy atom. The van der Waals surface area contributed by atoms with Crippen LogP contribution in [0.25, 0.3) is 22.0 Å². The van der Waals surface area contributed by atoms with Crippen molar-refractivity contribution in [1.29, 1.82) is 0 Å². The zero-order valence-corrected chi connectivity index (χ0v) is 35.0. The molecule has 3 heterocycles. The van der Waals surface area contributed by atoms with Gasteiger partial charge in [0, 0.05) is 54.8 Å². The van der Waals surface area contributed by atoms with Gasteiger partial charge in [-0.05, 0) is 103 Å². The maximum Gasteiger partial charge on any atom is 0.294 e. The number of likely N-dealkylation sites (N-methyl/N-ethyl adjacent to an activating group) is 1. The second kappa shape index (κ2) is 20.0. The topological polar surface area (TPSA) is 226 Å². The van der Waals surface area contributed by atoms with Crippen molar-refractivity contribution in [3.63, 3.8) is 0 Å². The number of nitrogens with one attached hydrogen (secondary N) is 4. The van der Waals surface area contributed by atoms with Crippen molar-refractivity contribution in [3.05, 3.63) is 107 Å². The smallest absolute Gasteiger partial charge is 0.294 e. The van der Waals surface area contributed by atoms with Gasteiger partial charge in [-0.1, -0.05) is 65.8 Å². The monoisotopic (exact) mass is 860 g/mol. The molecule has 5 aromatic rings. The predicted octanol–water partition coefficient (Wildman–Crippen LogP) is 4.79. The van der Waals surface area contributed by atoms with Gasteiger partial charge in [-0.3, -0.25) is 18.9 Å². The van der Waals surface area contributed by atoms with Crippen molar-refractivity contribution < 1.29 is 27.4 Å². The fourth-order valence-electron chi connectivity index (χ4n) is 7.22. The van der Waals surface area contributed by atoms with Crippen LogP contribution in [0, 0.1) is 0 Å². The summed E-state index contributed by atoms with van der Waals surface area (Å²) in [4.78, 5) is 53.1. The van der Waals surface area contributed by atoms with E-state index in [2.05, 4.69) is 25.9 Å². The number of aromatic nitrogens is 2. The van der Waals surface area contributed by atoms with E-state index in [-0.39, 0.29) is 30.3 Å². The summed E-state index contributed by atoms with van der Waals surface area (Å²) in [5.74, 6) is -1.24. The number of pyridine rings is 1. The van der Waals surface area contributed by atoms with Crippen molar-refractivity contribution >= 4 is 62.1 Å². The summed E-state index contributed by atoms with van der Waals surface area (Å²) in [7, 11) is -2.87. The van der Waals surface area contributed by atoms with Crippen LogP contribution in [0.5, 0.6) is 0 Å². The molecule has 0 saturated heterocycles. The Bertz CT molecular complexity index is 2390. The van der Waals surface area contributed by atoms with E-state index >= 15 is 0 Å². The number of halogens is 1. The first-order valence-electron chi connectivity index (χ1n) is 19.4. The summed E-state index contributed by atoms with van der Waals surface area (Å²) in [6.07, 6.45) is 6.12. The van der Waals surface area contributed by atoms with E-state index in [4.69, 9.17) is 23.1 Å². The van der Waals surface area contributed by atoms with Gasteiger partial charge < -0.3 is 37.3 Å². The molecule has 3 amide bonds. The third-order valence-electron chi connectivity index (χ3n) is 10.5. The molecule has 0 radical (unpaired) electrons. The summed E-state index contributed by atoms with van der Waals surface area (Å²) in [5.41, 5.74) is 16.1. The molecule has 312 valence electrons. The highest BCUT2D eigenvalue weighted by molar-refractivity contribution is 7.99. The molecule has 59 heavy (non-hydrogen) atoms. The van der Waals surface area contributed by atoms with Gasteiger partial charge in [0.2, 0.25) is 17.7 Å². The number of nitrogens with zero attached hydrogens (tertiary/aromatic N) is 2. The average molecular weight is 861 g/mol. The molecule has 6 rings (SSSR count). The van der Waals surface area contributed by atoms with Gasteiger partial charge in [0.15, 0.2) is 0 Å². The lowest BCUT2D eigenvalue weighted by Crippen LogP contribution is -2.57. The number of para-hydroxylation sites is 1. The first kappa shape index (κ1) is 43.8. The predicted molar refractivity (Wildman–Crippen MR) is 229 cm³/mol. The van der Waals surface area contributed by atoms with Crippen LogP contribution in [-0.4, -0.2) is 83.8 Å². The van der Waals surface area contributed by atoms with Crippen LogP contribution in [0.4, 0.5) is 0 Å². The number of unbranched alkanes of at least 4 members (excludes halogenated alkanes) is 1. The van der Waals surface area contributed by atoms with Gasteiger partial charge >= 0.3 is 0 Å². The SMILES string of the molecule is CN1C(=O)[C@H](CCCCN)NC(=O)[C@H](CCCN)NCc2cccnc2Sc2c(Cl)ccc(-c3ccc(S(=O)(=O)O)cc3)c2CNC(=O)[C@@H]1Cc1c[nH]c2ccccc12. The Kier molecular flexibility index (Phi) is 14.8. The van der Waals surface area contributed by atoms with E-state index in [1.54, 1.807) is 43.6 Å². The summed E-state index contributed by atoms with van der Waals surface area (Å²) >= 11 is 8.27. The van der Waals surface area contributed by atoms with Crippen LogP contribution in [0.15, 0.2) is 100 Å². The van der Waals surface area contributed by atoms with Crippen LogP contribution in [0.2, 0.25) is 5.02 Å². The van der Waals surface area contributed by atoms with Gasteiger partial charge in [-0.2, -0.15) is 8.42 Å². The number of hydrogen-bond donors (Lipinski definition) is 7. The number of hydrogen-bond acceptors (Lipinski definition) is 10. The van der Waals surface area contributed by atoms with E-state index in [0.717, 1.165) is 22.0 Å². The molecule has 17 heteroatoms. The van der Waals surface area contributed by atoms with E-state index < -0.39 is 40.1 Å². The first-order chi connectivity index (χ1) is 28.4. The Balaban J connectivity index is 1.48. The van der Waals surface area contributed by atoms with Gasteiger partial charge in [0.25, 0.3) is 10.1 Å². The second-order valence-electron chi connectivity index (χ2n) is 14.4. The number of H-pyrrole nitrogens is 1. The minimum absolute atomic E-state index is 0.0399. The van der Waals surface area contributed by atoms with Crippen molar-refractivity contribution in [1.82, 2.24) is 30.8 Å². The standard InChI is InChI=1S/C42H49ClN8O6S2/c1-51-37(22-28-24-47-34-10-3-2-9-31(28)34)40(53)49-25-32-30(26-13-15-29(16-14-26)59(55,56)57)17-18-33(43)38(32)58-41-27(8-7-21-46-41)23-48-35(12-6-20-45)39(52)50-36(42(51)54)11-4-5-19-44/h2-3,7-10,13-18,21,24,35-37,47-48H,4-6,11-12,19-20,22-23,25,44-45H2,1H3,(H,49,53)(H,50,52)(H,55,56,57)/t35-,36-,37-/m0/s1. The Hall–Kier alpha value is -4.81. The van der Waals surface area contributed by atoms with Gasteiger partial charge in [-0.15, -0.1) is 0 Å². The molecule has 3 aromatic carbocycles. The lowest BCUT2D eigenvalue weighted by atomic mass is 9.98. The fraction of sp³-hybridized carbons (Fsp3) is 0.333. The average Bonchev–Trinajstić information content (AvgIpc) is 3.64. The maximum absolute atomic E-state index is 14.7. The molecule has 1 aliphatic heterocycles. The molecule has 0 bridgehead atoms. The zero-order chi connectivity index (χ0) is 42.1. The summed E-state index contributed by atoms with van der Waals surface area (Å²) in [6, 6.07) is 18.0. The molecule has 1 aliphatic rings. The normalized spacial score (nSPS) is 18.5. The Labute approximate surface area is 353 Å². The molecule has 0 saturated carbocycles. The molecule has 14 nitrogen and oxygen atoms in total. The van der Waals surface area contributed by atoms with Crippen molar-refractivity contribution in [2.75, 3.05) is 20.1 Å². The van der Waals surface area contributed by atoms with Crippen LogP contribution < -0.4 is 27.4 Å². The number of amides is 3. The minimum Gasteiger partial charge on any atom is -0.361 e. The number of rotatable bonds is 11. The molecular formula is C42H49ClN8O6S2. The Morgan fingerprint density at radius 2 is 1.64 bits per heavy atom. The van der Waals surface area contributed by atoms with Crippen molar-refractivity contribution in [2.45, 2.75) is 84.6 Å². The van der Waals surface area contributed by atoms with Gasteiger partial charge in [-0.25, -0.2) is 4.98 Å². The Morgan fingerprint density at radius 3 is 2.39 bits per heavy atom. The molecule has 2 aromatic heterocycles. The number of aromatic amines is 1. The lowest BCUT2D eigenvalue weighted by molar-refractivity contribution is -0.142. The van der Waals surface area contributed by atoms with E-state index in [1.807, 2.05) is 36.5 Å².